The predicted octanol–water partition coefficient (Wildman–Crippen LogP) is 1.78. The lowest BCUT2D eigenvalue weighted by Gasteiger charge is -2.20. The normalized spacial score (nSPS) is 20.5. The summed E-state index contributed by atoms with van der Waals surface area (Å²) in [6.45, 7) is 8.62. The maximum absolute atomic E-state index is 9.97. The van der Waals surface area contributed by atoms with Gasteiger partial charge in [-0.25, -0.2) is 0 Å². The van der Waals surface area contributed by atoms with E-state index < -0.39 is 0 Å². The number of carbonyl (C=O) groups is 1. The molecule has 1 fully saturated rings. The Hall–Kier alpha value is -1.20. The van der Waals surface area contributed by atoms with Crippen LogP contribution in [0.5, 0.6) is 0 Å². The average molecular weight is 240 g/mol. The number of aromatic nitrogens is 2. The number of ether oxygens (including phenoxy) is 2. The third-order valence-corrected chi connectivity index (χ3v) is 2.15. The van der Waals surface area contributed by atoms with Gasteiger partial charge < -0.3 is 9.47 Å². The maximum Gasteiger partial charge on any atom is 0.163 e. The van der Waals surface area contributed by atoms with E-state index >= 15 is 0 Å². The van der Waals surface area contributed by atoms with Gasteiger partial charge in [-0.05, 0) is 27.7 Å². The van der Waals surface area contributed by atoms with Crippen LogP contribution < -0.4 is 0 Å². The fourth-order valence-corrected chi connectivity index (χ4v) is 1.57. The van der Waals surface area contributed by atoms with Gasteiger partial charge in [-0.15, -0.1) is 0 Å². The monoisotopic (exact) mass is 240 g/mol. The standard InChI is InChI=1S/C7H14O2.C5H6N2O/c1-6(2)5-8-7(3,4)9-6;1-7-3-5(4-8)2-6-7/h5H2,1-4H3;2-4H,1H3. The summed E-state index contributed by atoms with van der Waals surface area (Å²) < 4.78 is 12.4. The molecule has 1 aromatic heterocycles. The first-order chi connectivity index (χ1) is 7.74. The second-order valence-corrected chi connectivity index (χ2v) is 5.12. The molecule has 17 heavy (non-hydrogen) atoms. The van der Waals surface area contributed by atoms with Crippen molar-refractivity contribution in [3.8, 4) is 0 Å². The molecule has 5 nitrogen and oxygen atoms in total. The molecule has 0 spiro atoms. The van der Waals surface area contributed by atoms with Gasteiger partial charge in [-0.2, -0.15) is 5.10 Å². The fourth-order valence-electron chi connectivity index (χ4n) is 1.57. The third kappa shape index (κ3) is 4.66. The number of hydrogen-bond donors (Lipinski definition) is 0. The molecule has 0 aromatic carbocycles. The molecule has 5 heteroatoms. The molecule has 1 aromatic rings. The molecular formula is C12H20N2O3. The molecule has 0 bridgehead atoms. The van der Waals surface area contributed by atoms with Gasteiger partial charge in [0.2, 0.25) is 0 Å². The van der Waals surface area contributed by atoms with Crippen LogP contribution in [0.4, 0.5) is 0 Å². The van der Waals surface area contributed by atoms with E-state index in [1.165, 1.54) is 6.20 Å². The van der Waals surface area contributed by atoms with Gasteiger partial charge in [0.1, 0.15) is 0 Å². The van der Waals surface area contributed by atoms with Crippen LogP contribution in [0.3, 0.4) is 0 Å². The van der Waals surface area contributed by atoms with Crippen molar-refractivity contribution in [3.63, 3.8) is 0 Å². The highest BCUT2D eigenvalue weighted by Gasteiger charge is 2.37. The Morgan fingerprint density at radius 1 is 1.41 bits per heavy atom. The average Bonchev–Trinajstić information content (AvgIpc) is 2.71. The Kier molecular flexibility index (Phi) is 4.06. The van der Waals surface area contributed by atoms with Crippen LogP contribution in [0.2, 0.25) is 0 Å². The molecule has 0 radical (unpaired) electrons. The van der Waals surface area contributed by atoms with E-state index in [0.29, 0.717) is 12.2 Å². The molecular weight excluding hydrogens is 220 g/mol. The van der Waals surface area contributed by atoms with Crippen molar-refractivity contribution in [3.05, 3.63) is 18.0 Å². The van der Waals surface area contributed by atoms with Crippen LogP contribution in [-0.2, 0) is 16.5 Å². The SMILES string of the molecule is CC1(C)COC(C)(C)O1.Cn1cc(C=O)cn1. The first-order valence-electron chi connectivity index (χ1n) is 5.52. The van der Waals surface area contributed by atoms with E-state index in [1.807, 2.05) is 27.7 Å². The molecule has 1 saturated heterocycles. The van der Waals surface area contributed by atoms with Gasteiger partial charge in [0, 0.05) is 13.2 Å². The molecule has 2 heterocycles. The zero-order valence-electron chi connectivity index (χ0n) is 11.1. The van der Waals surface area contributed by atoms with Crippen molar-refractivity contribution in [2.45, 2.75) is 39.1 Å². The van der Waals surface area contributed by atoms with Crippen LogP contribution in [0.1, 0.15) is 38.1 Å². The van der Waals surface area contributed by atoms with E-state index in [1.54, 1.807) is 17.9 Å². The van der Waals surface area contributed by atoms with Crippen LogP contribution in [-0.4, -0.2) is 34.1 Å². The molecule has 96 valence electrons. The van der Waals surface area contributed by atoms with Crippen molar-refractivity contribution < 1.29 is 14.3 Å². The van der Waals surface area contributed by atoms with Crippen LogP contribution in [0.25, 0.3) is 0 Å². The van der Waals surface area contributed by atoms with Gasteiger partial charge in [-0.1, -0.05) is 0 Å². The van der Waals surface area contributed by atoms with E-state index in [2.05, 4.69) is 5.10 Å². The summed E-state index contributed by atoms with van der Waals surface area (Å²) in [4.78, 5) is 9.97. The first-order valence-corrected chi connectivity index (χ1v) is 5.52. The van der Waals surface area contributed by atoms with Gasteiger partial charge in [0.25, 0.3) is 0 Å². The lowest BCUT2D eigenvalue weighted by atomic mass is 10.2. The Bertz CT molecular complexity index is 369. The number of rotatable bonds is 1. The molecule has 1 aliphatic heterocycles. The van der Waals surface area contributed by atoms with E-state index in [4.69, 9.17) is 9.47 Å². The molecule has 1 aliphatic rings. The van der Waals surface area contributed by atoms with Crippen LogP contribution in [0, 0.1) is 0 Å². The smallest absolute Gasteiger partial charge is 0.163 e. The second-order valence-electron chi connectivity index (χ2n) is 5.12. The molecule has 0 atom stereocenters. The summed E-state index contributed by atoms with van der Waals surface area (Å²) in [6, 6.07) is 0. The van der Waals surface area contributed by atoms with Crippen molar-refractivity contribution in [2.24, 2.45) is 7.05 Å². The molecule has 0 N–H and O–H groups in total. The summed E-state index contributed by atoms with van der Waals surface area (Å²) in [5, 5.41) is 3.77. The Morgan fingerprint density at radius 3 is 2.24 bits per heavy atom. The second kappa shape index (κ2) is 4.98. The number of aldehydes is 1. The predicted molar refractivity (Wildman–Crippen MR) is 63.8 cm³/mol. The summed E-state index contributed by atoms with van der Waals surface area (Å²) in [5.41, 5.74) is 0.524. The number of nitrogens with zero attached hydrogens (tertiary/aromatic N) is 2. The van der Waals surface area contributed by atoms with Crippen LogP contribution >= 0.6 is 0 Å². The molecule has 0 unspecified atom stereocenters. The highest BCUT2D eigenvalue weighted by Crippen LogP contribution is 2.29. The van der Waals surface area contributed by atoms with Gasteiger partial charge >= 0.3 is 0 Å². The minimum atomic E-state index is -0.372. The van der Waals surface area contributed by atoms with E-state index in [-0.39, 0.29) is 11.4 Å². The fraction of sp³-hybridized carbons (Fsp3) is 0.667. The largest absolute Gasteiger partial charge is 0.348 e. The zero-order valence-corrected chi connectivity index (χ0v) is 11.1. The maximum atomic E-state index is 9.97. The molecule has 0 amide bonds. The minimum Gasteiger partial charge on any atom is -0.348 e. The number of hydrogen-bond acceptors (Lipinski definition) is 4. The first kappa shape index (κ1) is 13.9. The molecule has 2 rings (SSSR count). The van der Waals surface area contributed by atoms with E-state index in [9.17, 15) is 4.79 Å². The highest BCUT2D eigenvalue weighted by atomic mass is 16.7. The third-order valence-electron chi connectivity index (χ3n) is 2.15. The van der Waals surface area contributed by atoms with Gasteiger partial charge in [-0.3, -0.25) is 9.48 Å². The molecule has 0 aliphatic carbocycles. The Balaban J connectivity index is 0.000000171. The van der Waals surface area contributed by atoms with Gasteiger partial charge in [0.15, 0.2) is 12.1 Å². The van der Waals surface area contributed by atoms with E-state index in [0.717, 1.165) is 6.29 Å². The zero-order chi connectivity index (χ0) is 13.1. The summed E-state index contributed by atoms with van der Waals surface area (Å²) in [5.74, 6) is -0.372. The number of carbonyl (C=O) groups excluding carboxylic acids is 1. The topological polar surface area (TPSA) is 53.4 Å². The Labute approximate surface area is 102 Å². The van der Waals surface area contributed by atoms with Crippen molar-refractivity contribution in [2.75, 3.05) is 6.61 Å². The van der Waals surface area contributed by atoms with Crippen molar-refractivity contribution in [1.29, 1.82) is 0 Å². The minimum absolute atomic E-state index is 0.0938. The summed E-state index contributed by atoms with van der Waals surface area (Å²) in [6.07, 6.45) is 3.95. The lowest BCUT2D eigenvalue weighted by Crippen LogP contribution is -2.26. The summed E-state index contributed by atoms with van der Waals surface area (Å²) in [7, 11) is 1.77. The molecule has 0 saturated carbocycles. The van der Waals surface area contributed by atoms with Crippen LogP contribution in [0.15, 0.2) is 12.4 Å². The quantitative estimate of drug-likeness (QED) is 0.702. The van der Waals surface area contributed by atoms with Crippen molar-refractivity contribution in [1.82, 2.24) is 9.78 Å². The van der Waals surface area contributed by atoms with Crippen molar-refractivity contribution >= 4 is 6.29 Å². The number of aryl methyl sites for hydroxylation is 1. The van der Waals surface area contributed by atoms with Gasteiger partial charge in [0.05, 0.1) is 24.0 Å². The Morgan fingerprint density at radius 2 is 2.06 bits per heavy atom. The lowest BCUT2D eigenvalue weighted by molar-refractivity contribution is -0.153. The highest BCUT2D eigenvalue weighted by molar-refractivity contribution is 5.73. The summed E-state index contributed by atoms with van der Waals surface area (Å²) >= 11 is 0.